The van der Waals surface area contributed by atoms with Crippen LogP contribution >= 0.6 is 11.3 Å². The Labute approximate surface area is 193 Å². The van der Waals surface area contributed by atoms with Gasteiger partial charge >= 0.3 is 0 Å². The standard InChI is InChI=1S/C25H28N6S/c1-29(2)12-13-30-14-16-31(17-15-30)24-22-20(19-8-4-3-5-9-19)18-32-25(22)28-23(27-24)21-10-6-7-11-26-21/h3-11,18H,12-17H2,1-2H3. The fourth-order valence-electron chi connectivity index (χ4n) is 4.12. The minimum absolute atomic E-state index is 0.699. The highest BCUT2D eigenvalue weighted by Gasteiger charge is 2.24. The van der Waals surface area contributed by atoms with Crippen molar-refractivity contribution in [2.45, 2.75) is 0 Å². The molecule has 0 amide bonds. The Hall–Kier alpha value is -2.87. The van der Waals surface area contributed by atoms with Crippen molar-refractivity contribution in [1.29, 1.82) is 0 Å². The van der Waals surface area contributed by atoms with Crippen molar-refractivity contribution >= 4 is 27.4 Å². The molecule has 32 heavy (non-hydrogen) atoms. The van der Waals surface area contributed by atoms with E-state index >= 15 is 0 Å². The van der Waals surface area contributed by atoms with E-state index in [4.69, 9.17) is 9.97 Å². The number of hydrogen-bond donors (Lipinski definition) is 0. The smallest absolute Gasteiger partial charge is 0.181 e. The van der Waals surface area contributed by atoms with E-state index in [0.717, 1.165) is 61.0 Å². The number of anilines is 1. The average molecular weight is 445 g/mol. The summed E-state index contributed by atoms with van der Waals surface area (Å²) in [5.41, 5.74) is 3.23. The van der Waals surface area contributed by atoms with Crippen LogP contribution in [0.4, 0.5) is 5.82 Å². The van der Waals surface area contributed by atoms with Crippen molar-refractivity contribution in [3.05, 3.63) is 60.1 Å². The van der Waals surface area contributed by atoms with E-state index in [1.165, 1.54) is 11.1 Å². The molecule has 4 heterocycles. The van der Waals surface area contributed by atoms with Gasteiger partial charge in [-0.3, -0.25) is 9.88 Å². The van der Waals surface area contributed by atoms with E-state index < -0.39 is 0 Å². The number of hydrogen-bond acceptors (Lipinski definition) is 7. The molecule has 3 aromatic heterocycles. The second kappa shape index (κ2) is 9.32. The molecule has 0 N–H and O–H groups in total. The summed E-state index contributed by atoms with van der Waals surface area (Å²) in [6.07, 6.45) is 1.80. The zero-order valence-electron chi connectivity index (χ0n) is 18.6. The Bertz CT molecular complexity index is 1170. The number of nitrogens with zero attached hydrogens (tertiary/aromatic N) is 6. The Kier molecular flexibility index (Phi) is 6.12. The largest absolute Gasteiger partial charge is 0.353 e. The monoisotopic (exact) mass is 444 g/mol. The van der Waals surface area contributed by atoms with Gasteiger partial charge in [-0.1, -0.05) is 36.4 Å². The van der Waals surface area contributed by atoms with Gasteiger partial charge in [-0.15, -0.1) is 11.3 Å². The lowest BCUT2D eigenvalue weighted by Crippen LogP contribution is -2.48. The van der Waals surface area contributed by atoms with Crippen molar-refractivity contribution in [2.24, 2.45) is 0 Å². The van der Waals surface area contributed by atoms with Gasteiger partial charge in [0.05, 0.1) is 5.39 Å². The van der Waals surface area contributed by atoms with Gasteiger partial charge in [0.15, 0.2) is 5.82 Å². The minimum Gasteiger partial charge on any atom is -0.353 e. The first-order chi connectivity index (χ1) is 15.7. The summed E-state index contributed by atoms with van der Waals surface area (Å²) in [5, 5.41) is 3.37. The minimum atomic E-state index is 0.699. The van der Waals surface area contributed by atoms with Gasteiger partial charge in [0.1, 0.15) is 16.3 Å². The van der Waals surface area contributed by atoms with Crippen molar-refractivity contribution in [3.8, 4) is 22.6 Å². The fraction of sp³-hybridized carbons (Fsp3) is 0.320. The fourth-order valence-corrected chi connectivity index (χ4v) is 5.06. The van der Waals surface area contributed by atoms with E-state index in [1.54, 1.807) is 17.5 Å². The average Bonchev–Trinajstić information content (AvgIpc) is 3.28. The third-order valence-electron chi connectivity index (χ3n) is 5.93. The van der Waals surface area contributed by atoms with Gasteiger partial charge in [-0.2, -0.15) is 0 Å². The number of pyridine rings is 1. The molecule has 7 heteroatoms. The number of rotatable bonds is 6. The van der Waals surface area contributed by atoms with Crippen LogP contribution in [-0.2, 0) is 0 Å². The summed E-state index contributed by atoms with van der Waals surface area (Å²) in [6, 6.07) is 16.5. The molecule has 1 aliphatic heterocycles. The second-order valence-corrected chi connectivity index (χ2v) is 9.27. The first-order valence-electron chi connectivity index (χ1n) is 11.1. The molecular weight excluding hydrogens is 416 g/mol. The highest BCUT2D eigenvalue weighted by Crippen LogP contribution is 2.39. The van der Waals surface area contributed by atoms with Crippen LogP contribution in [0.5, 0.6) is 0 Å². The normalized spacial score (nSPS) is 15.0. The molecule has 1 aromatic carbocycles. The van der Waals surface area contributed by atoms with Crippen LogP contribution in [-0.4, -0.2) is 78.1 Å². The maximum atomic E-state index is 5.08. The van der Waals surface area contributed by atoms with E-state index in [0.29, 0.717) is 5.82 Å². The molecule has 0 spiro atoms. The highest BCUT2D eigenvalue weighted by molar-refractivity contribution is 7.17. The predicted molar refractivity (Wildman–Crippen MR) is 133 cm³/mol. The van der Waals surface area contributed by atoms with Crippen molar-refractivity contribution < 1.29 is 0 Å². The maximum absolute atomic E-state index is 5.08. The summed E-state index contributed by atoms with van der Waals surface area (Å²) < 4.78 is 0. The van der Waals surface area contributed by atoms with Crippen molar-refractivity contribution in [3.63, 3.8) is 0 Å². The number of fused-ring (bicyclic) bond motifs is 1. The molecule has 164 valence electrons. The van der Waals surface area contributed by atoms with Gasteiger partial charge in [0.2, 0.25) is 0 Å². The molecule has 0 atom stereocenters. The van der Waals surface area contributed by atoms with E-state index in [9.17, 15) is 0 Å². The highest BCUT2D eigenvalue weighted by atomic mass is 32.1. The Balaban J connectivity index is 1.54. The van der Waals surface area contributed by atoms with Crippen LogP contribution in [0.25, 0.3) is 32.9 Å². The summed E-state index contributed by atoms with van der Waals surface area (Å²) in [5.74, 6) is 1.73. The van der Waals surface area contributed by atoms with Gasteiger partial charge < -0.3 is 9.80 Å². The maximum Gasteiger partial charge on any atom is 0.181 e. The molecule has 6 nitrogen and oxygen atoms in total. The van der Waals surface area contributed by atoms with E-state index in [-0.39, 0.29) is 0 Å². The van der Waals surface area contributed by atoms with Crippen LogP contribution in [0.1, 0.15) is 0 Å². The summed E-state index contributed by atoms with van der Waals surface area (Å²) in [7, 11) is 4.27. The lowest BCUT2D eigenvalue weighted by atomic mass is 10.1. The Morgan fingerprint density at radius 2 is 1.72 bits per heavy atom. The zero-order chi connectivity index (χ0) is 21.9. The molecule has 0 unspecified atom stereocenters. The molecule has 0 radical (unpaired) electrons. The third kappa shape index (κ3) is 4.37. The topological polar surface area (TPSA) is 48.4 Å². The first kappa shape index (κ1) is 21.0. The quantitative estimate of drug-likeness (QED) is 0.446. The van der Waals surface area contributed by atoms with Crippen molar-refractivity contribution in [1.82, 2.24) is 24.8 Å². The zero-order valence-corrected chi connectivity index (χ0v) is 19.4. The molecule has 0 saturated carbocycles. The van der Waals surface area contributed by atoms with Gasteiger partial charge in [-0.25, -0.2) is 9.97 Å². The molecule has 1 saturated heterocycles. The lowest BCUT2D eigenvalue weighted by Gasteiger charge is -2.36. The predicted octanol–water partition coefficient (Wildman–Crippen LogP) is 4.10. The molecule has 0 bridgehead atoms. The van der Waals surface area contributed by atoms with Crippen LogP contribution < -0.4 is 4.90 Å². The summed E-state index contributed by atoms with van der Waals surface area (Å²) >= 11 is 1.69. The number of thiophene rings is 1. The molecule has 4 aromatic rings. The van der Waals surface area contributed by atoms with Crippen LogP contribution in [0.15, 0.2) is 60.1 Å². The summed E-state index contributed by atoms with van der Waals surface area (Å²) in [6.45, 7) is 6.21. The van der Waals surface area contributed by atoms with Crippen LogP contribution in [0.3, 0.4) is 0 Å². The van der Waals surface area contributed by atoms with Gasteiger partial charge in [-0.05, 0) is 31.8 Å². The number of aromatic nitrogens is 3. The number of likely N-dealkylation sites (N-methyl/N-ethyl adjacent to an activating group) is 1. The molecule has 0 aliphatic carbocycles. The van der Waals surface area contributed by atoms with Crippen LogP contribution in [0.2, 0.25) is 0 Å². The van der Waals surface area contributed by atoms with E-state index in [1.807, 2.05) is 18.2 Å². The van der Waals surface area contributed by atoms with Crippen molar-refractivity contribution in [2.75, 3.05) is 58.3 Å². The molecular formula is C25H28N6S. The number of piperazine rings is 1. The second-order valence-electron chi connectivity index (χ2n) is 8.41. The number of benzene rings is 1. The molecule has 5 rings (SSSR count). The van der Waals surface area contributed by atoms with E-state index in [2.05, 4.69) is 69.5 Å². The van der Waals surface area contributed by atoms with Crippen LogP contribution in [0, 0.1) is 0 Å². The SMILES string of the molecule is CN(C)CCN1CCN(c2nc(-c3ccccn3)nc3scc(-c4ccccc4)c23)CC1. The summed E-state index contributed by atoms with van der Waals surface area (Å²) in [4.78, 5) is 22.7. The molecule has 1 fully saturated rings. The third-order valence-corrected chi connectivity index (χ3v) is 6.80. The lowest BCUT2D eigenvalue weighted by molar-refractivity contribution is 0.229. The molecule has 1 aliphatic rings. The van der Waals surface area contributed by atoms with Gasteiger partial charge in [0, 0.05) is 56.4 Å². The Morgan fingerprint density at radius 3 is 2.44 bits per heavy atom. The first-order valence-corrected chi connectivity index (χ1v) is 11.9. The van der Waals surface area contributed by atoms with Gasteiger partial charge in [0.25, 0.3) is 0 Å². The Morgan fingerprint density at radius 1 is 0.938 bits per heavy atom.